The van der Waals surface area contributed by atoms with Crippen LogP contribution in [-0.4, -0.2) is 50.5 Å². The summed E-state index contributed by atoms with van der Waals surface area (Å²) in [5.74, 6) is 1.89. The first-order valence-corrected chi connectivity index (χ1v) is 9.16. The molecule has 0 spiro atoms. The normalized spacial score (nSPS) is 26.4. The molecular weight excluding hydrogens is 415 g/mol. The van der Waals surface area contributed by atoms with Crippen LogP contribution >= 0.6 is 24.0 Å². The van der Waals surface area contributed by atoms with Gasteiger partial charge in [-0.15, -0.1) is 24.0 Å². The van der Waals surface area contributed by atoms with E-state index in [4.69, 9.17) is 0 Å². The van der Waals surface area contributed by atoms with Gasteiger partial charge >= 0.3 is 0 Å². The zero-order valence-corrected chi connectivity index (χ0v) is 18.1. The summed E-state index contributed by atoms with van der Waals surface area (Å²) < 4.78 is 0. The molecule has 0 aromatic rings. The Morgan fingerprint density at radius 2 is 1.88 bits per heavy atom. The van der Waals surface area contributed by atoms with E-state index in [0.717, 1.165) is 37.6 Å². The minimum absolute atomic E-state index is 0. The molecule has 2 aliphatic carbocycles. The Morgan fingerprint density at radius 3 is 2.42 bits per heavy atom. The molecule has 0 saturated heterocycles. The highest BCUT2D eigenvalue weighted by Gasteiger charge is 2.42. The third kappa shape index (κ3) is 5.49. The van der Waals surface area contributed by atoms with Crippen LogP contribution in [-0.2, 0) is 4.79 Å². The quantitative estimate of drug-likeness (QED) is 0.394. The van der Waals surface area contributed by atoms with Crippen LogP contribution in [0.4, 0.5) is 0 Å². The van der Waals surface area contributed by atoms with Crippen molar-refractivity contribution in [1.29, 1.82) is 0 Å². The Bertz CT molecular complexity index is 433. The third-order valence-corrected chi connectivity index (χ3v) is 5.52. The lowest BCUT2D eigenvalue weighted by Crippen LogP contribution is -2.51. The van der Waals surface area contributed by atoms with Gasteiger partial charge in [-0.05, 0) is 31.6 Å². The molecule has 2 N–H and O–H groups in total. The average molecular weight is 450 g/mol. The number of nitrogens with zero attached hydrogens (tertiary/aromatic N) is 2. The van der Waals surface area contributed by atoms with Crippen LogP contribution in [0, 0.1) is 11.3 Å². The molecule has 2 aliphatic rings. The molecule has 6 heteroatoms. The van der Waals surface area contributed by atoms with Gasteiger partial charge in [0.15, 0.2) is 5.96 Å². The average Bonchev–Trinajstić information content (AvgIpc) is 3.00. The number of amides is 1. The van der Waals surface area contributed by atoms with Crippen LogP contribution in [0.2, 0.25) is 0 Å². The molecule has 0 aliphatic heterocycles. The molecule has 5 nitrogen and oxygen atoms in total. The number of aliphatic imine (C=N–C) groups is 1. The van der Waals surface area contributed by atoms with E-state index in [0.29, 0.717) is 12.6 Å². The Kier molecular flexibility index (Phi) is 8.81. The maximum Gasteiger partial charge on any atom is 0.230 e. The Hall–Kier alpha value is -0.530. The number of hydrogen-bond acceptors (Lipinski definition) is 2. The highest BCUT2D eigenvalue weighted by molar-refractivity contribution is 14.0. The maximum absolute atomic E-state index is 12.6. The van der Waals surface area contributed by atoms with Crippen molar-refractivity contribution in [2.75, 3.05) is 27.7 Å². The number of hydrogen-bond donors (Lipinski definition) is 2. The lowest BCUT2D eigenvalue weighted by Gasteiger charge is -2.33. The van der Waals surface area contributed by atoms with Crippen LogP contribution in [0.1, 0.15) is 58.3 Å². The van der Waals surface area contributed by atoms with Gasteiger partial charge in [0.05, 0.1) is 5.41 Å². The maximum atomic E-state index is 12.6. The van der Waals surface area contributed by atoms with Gasteiger partial charge in [-0.1, -0.05) is 32.6 Å². The highest BCUT2D eigenvalue weighted by atomic mass is 127. The highest BCUT2D eigenvalue weighted by Crippen LogP contribution is 2.38. The molecule has 2 saturated carbocycles. The number of carbonyl (C=O) groups excluding carboxylic acids is 1. The summed E-state index contributed by atoms with van der Waals surface area (Å²) >= 11 is 0. The van der Waals surface area contributed by atoms with Crippen molar-refractivity contribution in [3.8, 4) is 0 Å². The molecule has 2 atom stereocenters. The number of nitrogens with one attached hydrogen (secondary N) is 2. The summed E-state index contributed by atoms with van der Waals surface area (Å²) in [6.07, 6.45) is 9.31. The number of halogens is 1. The van der Waals surface area contributed by atoms with Crippen LogP contribution < -0.4 is 10.6 Å². The first-order valence-electron chi connectivity index (χ1n) is 9.16. The molecule has 2 rings (SSSR count). The van der Waals surface area contributed by atoms with Crippen molar-refractivity contribution in [3.05, 3.63) is 0 Å². The van der Waals surface area contributed by atoms with E-state index < -0.39 is 0 Å². The van der Waals surface area contributed by atoms with Crippen molar-refractivity contribution in [2.24, 2.45) is 16.3 Å². The summed E-state index contributed by atoms with van der Waals surface area (Å²) in [6, 6.07) is 0.508. The van der Waals surface area contributed by atoms with E-state index in [9.17, 15) is 4.79 Å². The molecule has 1 amide bonds. The van der Waals surface area contributed by atoms with Gasteiger partial charge < -0.3 is 15.5 Å². The van der Waals surface area contributed by atoms with E-state index >= 15 is 0 Å². The van der Waals surface area contributed by atoms with E-state index in [1.165, 1.54) is 25.7 Å². The van der Waals surface area contributed by atoms with Gasteiger partial charge in [0, 0.05) is 33.7 Å². The first kappa shape index (κ1) is 21.5. The second-order valence-corrected chi connectivity index (χ2v) is 7.73. The lowest BCUT2D eigenvalue weighted by atomic mass is 9.84. The first-order chi connectivity index (χ1) is 11.0. The van der Waals surface area contributed by atoms with Crippen LogP contribution in [0.15, 0.2) is 4.99 Å². The fourth-order valence-corrected chi connectivity index (χ4v) is 4.20. The summed E-state index contributed by atoms with van der Waals surface area (Å²) in [6.45, 7) is 3.01. The molecule has 2 unspecified atom stereocenters. The van der Waals surface area contributed by atoms with Crippen molar-refractivity contribution in [2.45, 2.75) is 64.3 Å². The Morgan fingerprint density at radius 1 is 1.21 bits per heavy atom. The largest absolute Gasteiger partial charge is 0.355 e. The second-order valence-electron chi connectivity index (χ2n) is 7.73. The summed E-state index contributed by atoms with van der Waals surface area (Å²) in [5.41, 5.74) is -0.249. The summed E-state index contributed by atoms with van der Waals surface area (Å²) in [7, 11) is 5.54. The van der Waals surface area contributed by atoms with Gasteiger partial charge in [-0.2, -0.15) is 0 Å². The summed E-state index contributed by atoms with van der Waals surface area (Å²) in [4.78, 5) is 18.7. The van der Waals surface area contributed by atoms with Gasteiger partial charge in [-0.25, -0.2) is 0 Å². The molecule has 2 fully saturated rings. The van der Waals surface area contributed by atoms with E-state index in [1.54, 1.807) is 4.90 Å². The Labute approximate surface area is 164 Å². The molecule has 0 heterocycles. The molecule has 140 valence electrons. The zero-order chi connectivity index (χ0) is 16.9. The Balaban J connectivity index is 0.00000288. The van der Waals surface area contributed by atoms with Crippen molar-refractivity contribution < 1.29 is 4.79 Å². The van der Waals surface area contributed by atoms with Gasteiger partial charge in [0.25, 0.3) is 0 Å². The van der Waals surface area contributed by atoms with Gasteiger partial charge in [0.1, 0.15) is 0 Å². The molecule has 0 aromatic heterocycles. The third-order valence-electron chi connectivity index (χ3n) is 5.52. The van der Waals surface area contributed by atoms with Gasteiger partial charge in [-0.3, -0.25) is 9.79 Å². The standard InChI is InChI=1S/C18H34N4O.HI/c1-14-8-7-9-15(12-14)21-17(19-2)20-13-18(10-5-6-11-18)16(23)22(3)4;/h14-15H,5-13H2,1-4H3,(H2,19,20,21);1H. The van der Waals surface area contributed by atoms with Crippen molar-refractivity contribution in [3.63, 3.8) is 0 Å². The molecule has 0 radical (unpaired) electrons. The monoisotopic (exact) mass is 450 g/mol. The molecule has 24 heavy (non-hydrogen) atoms. The predicted molar refractivity (Wildman–Crippen MR) is 111 cm³/mol. The zero-order valence-electron chi connectivity index (χ0n) is 15.7. The number of guanidine groups is 1. The SMILES string of the molecule is CN=C(NCC1(C(=O)N(C)C)CCCC1)NC1CCCC(C)C1.I. The molecule has 0 aromatic carbocycles. The topological polar surface area (TPSA) is 56.7 Å². The molecular formula is C18H35IN4O. The van der Waals surface area contributed by atoms with Crippen molar-refractivity contribution >= 4 is 35.8 Å². The number of carbonyl (C=O) groups is 1. The van der Waals surface area contributed by atoms with E-state index in [-0.39, 0.29) is 35.3 Å². The fraction of sp³-hybridized carbons (Fsp3) is 0.889. The lowest BCUT2D eigenvalue weighted by molar-refractivity contribution is -0.138. The van der Waals surface area contributed by atoms with Crippen molar-refractivity contribution in [1.82, 2.24) is 15.5 Å². The van der Waals surface area contributed by atoms with Crippen LogP contribution in [0.25, 0.3) is 0 Å². The van der Waals surface area contributed by atoms with E-state index in [1.807, 2.05) is 21.1 Å². The minimum Gasteiger partial charge on any atom is -0.355 e. The van der Waals surface area contributed by atoms with Crippen LogP contribution in [0.5, 0.6) is 0 Å². The van der Waals surface area contributed by atoms with Crippen LogP contribution in [0.3, 0.4) is 0 Å². The fourth-order valence-electron chi connectivity index (χ4n) is 4.20. The second kappa shape index (κ2) is 9.82. The number of rotatable bonds is 4. The van der Waals surface area contributed by atoms with E-state index in [2.05, 4.69) is 22.5 Å². The summed E-state index contributed by atoms with van der Waals surface area (Å²) in [5, 5.41) is 7.00. The molecule has 0 bridgehead atoms. The predicted octanol–water partition coefficient (Wildman–Crippen LogP) is 3.00. The minimum atomic E-state index is -0.249. The smallest absolute Gasteiger partial charge is 0.230 e. The van der Waals surface area contributed by atoms with Gasteiger partial charge in [0.2, 0.25) is 5.91 Å².